The molecule has 0 aromatic heterocycles. The lowest BCUT2D eigenvalue weighted by molar-refractivity contribution is -0.128. The van der Waals surface area contributed by atoms with Gasteiger partial charge in [0.2, 0.25) is 11.8 Å². The highest BCUT2D eigenvalue weighted by Gasteiger charge is 2.15. The van der Waals surface area contributed by atoms with Gasteiger partial charge in [-0.3, -0.25) is 9.59 Å². The lowest BCUT2D eigenvalue weighted by atomic mass is 10.1. The van der Waals surface area contributed by atoms with Gasteiger partial charge >= 0.3 is 0 Å². The average molecular weight is 146 g/mol. The van der Waals surface area contributed by atoms with Gasteiger partial charge in [0.1, 0.15) is 0 Å². The molecule has 2 amide bonds. The molecule has 0 radical (unpaired) electrons. The molecule has 0 bridgehead atoms. The van der Waals surface area contributed by atoms with Crippen LogP contribution in [-0.2, 0) is 9.59 Å². The number of hydrogen-bond donors (Lipinski definition) is 3. The van der Waals surface area contributed by atoms with Gasteiger partial charge in [0.05, 0.1) is 12.5 Å². The van der Waals surface area contributed by atoms with Crippen LogP contribution in [0.1, 0.15) is 6.42 Å². The number of amides is 2. The van der Waals surface area contributed by atoms with Crippen molar-refractivity contribution in [3.63, 3.8) is 0 Å². The first-order chi connectivity index (χ1) is 4.57. The van der Waals surface area contributed by atoms with Crippen molar-refractivity contribution in [2.45, 2.75) is 6.42 Å². The molecule has 0 saturated carbocycles. The number of carbonyl (C=O) groups is 2. The first-order valence-electron chi connectivity index (χ1n) is 2.76. The van der Waals surface area contributed by atoms with E-state index >= 15 is 0 Å². The van der Waals surface area contributed by atoms with Gasteiger partial charge < -0.3 is 16.6 Å². The molecule has 0 aliphatic heterocycles. The Morgan fingerprint density at radius 3 is 2.00 bits per heavy atom. The zero-order valence-corrected chi connectivity index (χ0v) is 5.41. The molecule has 5 N–H and O–H groups in total. The summed E-state index contributed by atoms with van der Waals surface area (Å²) in [5.74, 6) is -2.18. The van der Waals surface area contributed by atoms with Crippen LogP contribution < -0.4 is 11.5 Å². The second-order valence-electron chi connectivity index (χ2n) is 1.95. The van der Waals surface area contributed by atoms with E-state index in [9.17, 15) is 9.59 Å². The van der Waals surface area contributed by atoms with E-state index in [1.54, 1.807) is 0 Å². The Hall–Kier alpha value is -1.10. The maximum atomic E-state index is 10.3. The summed E-state index contributed by atoms with van der Waals surface area (Å²) in [6.07, 6.45) is -0.189. The fourth-order valence-corrected chi connectivity index (χ4v) is 0.498. The van der Waals surface area contributed by atoms with Crippen LogP contribution in [0.5, 0.6) is 0 Å². The van der Waals surface area contributed by atoms with E-state index in [0.29, 0.717) is 0 Å². The van der Waals surface area contributed by atoms with E-state index in [-0.39, 0.29) is 6.42 Å². The molecular formula is C5H10N2O3. The predicted molar refractivity (Wildman–Crippen MR) is 33.6 cm³/mol. The topological polar surface area (TPSA) is 106 Å². The molecule has 1 atom stereocenters. The van der Waals surface area contributed by atoms with Crippen molar-refractivity contribution in [1.82, 2.24) is 0 Å². The van der Waals surface area contributed by atoms with Crippen molar-refractivity contribution in [2.75, 3.05) is 6.61 Å². The van der Waals surface area contributed by atoms with Crippen molar-refractivity contribution in [3.05, 3.63) is 0 Å². The smallest absolute Gasteiger partial charge is 0.223 e. The standard InChI is InChI=1S/C5H10N2O3/c6-4(9)1-3(2-8)5(7)10/h3,8H,1-2H2,(H2,6,9)(H2,7,10). The van der Waals surface area contributed by atoms with Gasteiger partial charge in [0.15, 0.2) is 0 Å². The van der Waals surface area contributed by atoms with Crippen LogP contribution in [0.4, 0.5) is 0 Å². The summed E-state index contributed by atoms with van der Waals surface area (Å²) >= 11 is 0. The average Bonchev–Trinajstić information content (AvgIpc) is 1.81. The van der Waals surface area contributed by atoms with Crippen molar-refractivity contribution >= 4 is 11.8 Å². The monoisotopic (exact) mass is 146 g/mol. The first-order valence-corrected chi connectivity index (χ1v) is 2.76. The molecule has 0 heterocycles. The van der Waals surface area contributed by atoms with Crippen LogP contribution in [0.25, 0.3) is 0 Å². The maximum Gasteiger partial charge on any atom is 0.223 e. The molecule has 0 aromatic rings. The van der Waals surface area contributed by atoms with Crippen molar-refractivity contribution in [3.8, 4) is 0 Å². The van der Waals surface area contributed by atoms with Gasteiger partial charge in [0.25, 0.3) is 0 Å². The molecule has 5 nitrogen and oxygen atoms in total. The molecule has 0 aliphatic rings. The van der Waals surface area contributed by atoms with E-state index in [1.807, 2.05) is 0 Å². The maximum absolute atomic E-state index is 10.3. The number of carbonyl (C=O) groups excluding carboxylic acids is 2. The lowest BCUT2D eigenvalue weighted by Crippen LogP contribution is -2.30. The van der Waals surface area contributed by atoms with Crippen LogP contribution in [-0.4, -0.2) is 23.5 Å². The zero-order chi connectivity index (χ0) is 8.15. The first kappa shape index (κ1) is 8.90. The molecule has 0 aliphatic carbocycles. The SMILES string of the molecule is NC(=O)CC(CO)C(N)=O. The zero-order valence-electron chi connectivity index (χ0n) is 5.41. The molecule has 0 saturated heterocycles. The van der Waals surface area contributed by atoms with Gasteiger partial charge in [-0.2, -0.15) is 0 Å². The Balaban J connectivity index is 3.83. The number of nitrogens with two attached hydrogens (primary N) is 2. The largest absolute Gasteiger partial charge is 0.396 e. The molecule has 58 valence electrons. The van der Waals surface area contributed by atoms with Gasteiger partial charge in [-0.1, -0.05) is 0 Å². The molecule has 10 heavy (non-hydrogen) atoms. The quantitative estimate of drug-likeness (QED) is 0.425. The highest BCUT2D eigenvalue weighted by Crippen LogP contribution is 1.98. The number of aliphatic hydroxyl groups excluding tert-OH is 1. The number of primary amides is 2. The summed E-state index contributed by atoms with van der Waals surface area (Å²) in [5.41, 5.74) is 9.54. The fraction of sp³-hybridized carbons (Fsp3) is 0.600. The number of hydrogen-bond acceptors (Lipinski definition) is 3. The minimum Gasteiger partial charge on any atom is -0.396 e. The van der Waals surface area contributed by atoms with E-state index in [2.05, 4.69) is 0 Å². The minimum atomic E-state index is -0.836. The minimum absolute atomic E-state index is 0.189. The molecular weight excluding hydrogens is 136 g/mol. The van der Waals surface area contributed by atoms with E-state index in [4.69, 9.17) is 16.6 Å². The fourth-order valence-electron chi connectivity index (χ4n) is 0.498. The Morgan fingerprint density at radius 1 is 1.40 bits per heavy atom. The Morgan fingerprint density at radius 2 is 1.90 bits per heavy atom. The van der Waals surface area contributed by atoms with E-state index < -0.39 is 24.3 Å². The summed E-state index contributed by atoms with van der Waals surface area (Å²) in [7, 11) is 0. The van der Waals surface area contributed by atoms with Gasteiger partial charge in [0, 0.05) is 6.42 Å². The van der Waals surface area contributed by atoms with E-state index in [1.165, 1.54) is 0 Å². The number of rotatable bonds is 4. The van der Waals surface area contributed by atoms with Crippen LogP contribution in [0.2, 0.25) is 0 Å². The highest BCUT2D eigenvalue weighted by molar-refractivity contribution is 5.83. The third-order valence-corrected chi connectivity index (χ3v) is 1.07. The van der Waals surface area contributed by atoms with Crippen molar-refractivity contribution < 1.29 is 14.7 Å². The van der Waals surface area contributed by atoms with Gasteiger partial charge in [-0.05, 0) is 0 Å². The molecule has 0 fully saturated rings. The van der Waals surface area contributed by atoms with Gasteiger partial charge in [-0.25, -0.2) is 0 Å². The normalized spacial score (nSPS) is 12.5. The molecule has 5 heteroatoms. The second-order valence-corrected chi connectivity index (χ2v) is 1.95. The Kier molecular flexibility index (Phi) is 3.42. The molecule has 0 rings (SSSR count). The summed E-state index contributed by atoms with van der Waals surface area (Å²) < 4.78 is 0. The van der Waals surface area contributed by atoms with Crippen LogP contribution in [0.15, 0.2) is 0 Å². The van der Waals surface area contributed by atoms with Crippen LogP contribution in [0, 0.1) is 5.92 Å². The molecule has 1 unspecified atom stereocenters. The second kappa shape index (κ2) is 3.84. The summed E-state index contributed by atoms with van der Waals surface area (Å²) in [6, 6.07) is 0. The lowest BCUT2D eigenvalue weighted by Gasteiger charge is -2.05. The van der Waals surface area contributed by atoms with E-state index in [0.717, 1.165) is 0 Å². The van der Waals surface area contributed by atoms with Crippen LogP contribution >= 0.6 is 0 Å². The summed E-state index contributed by atoms with van der Waals surface area (Å²) in [6.45, 7) is -0.432. The van der Waals surface area contributed by atoms with Gasteiger partial charge in [-0.15, -0.1) is 0 Å². The van der Waals surface area contributed by atoms with Crippen LogP contribution in [0.3, 0.4) is 0 Å². The van der Waals surface area contributed by atoms with Crippen molar-refractivity contribution in [1.29, 1.82) is 0 Å². The summed E-state index contributed by atoms with van der Waals surface area (Å²) in [5, 5.41) is 8.44. The third-order valence-electron chi connectivity index (χ3n) is 1.07. The Labute approximate surface area is 58.0 Å². The Bertz CT molecular complexity index is 146. The molecule has 0 spiro atoms. The van der Waals surface area contributed by atoms with Crippen molar-refractivity contribution in [2.24, 2.45) is 17.4 Å². The predicted octanol–water partition coefficient (Wildman–Crippen LogP) is -2.04. The summed E-state index contributed by atoms with van der Waals surface area (Å²) in [4.78, 5) is 20.5. The number of aliphatic hydroxyl groups is 1. The molecule has 0 aromatic carbocycles. The highest BCUT2D eigenvalue weighted by atomic mass is 16.3. The third kappa shape index (κ3) is 3.03.